The summed E-state index contributed by atoms with van der Waals surface area (Å²) in [7, 11) is 0. The molecule has 6 nitrogen and oxygen atoms in total. The van der Waals surface area contributed by atoms with Gasteiger partial charge in [-0.3, -0.25) is 14.3 Å². The number of para-hydroxylation sites is 1. The second-order valence-corrected chi connectivity index (χ2v) is 7.96. The van der Waals surface area contributed by atoms with E-state index < -0.39 is 0 Å². The van der Waals surface area contributed by atoms with Crippen LogP contribution in [0.3, 0.4) is 0 Å². The average molecular weight is 370 g/mol. The number of thiazole rings is 1. The van der Waals surface area contributed by atoms with Gasteiger partial charge >= 0.3 is 0 Å². The first-order valence-electron chi connectivity index (χ1n) is 8.93. The van der Waals surface area contributed by atoms with Crippen molar-refractivity contribution in [2.75, 3.05) is 13.2 Å². The predicted molar refractivity (Wildman–Crippen MR) is 102 cm³/mol. The fraction of sp³-hybridized carbons (Fsp3) is 0.421. The van der Waals surface area contributed by atoms with Crippen molar-refractivity contribution in [2.24, 2.45) is 0 Å². The molecule has 1 aliphatic heterocycles. The Hall–Kier alpha value is -2.09. The summed E-state index contributed by atoms with van der Waals surface area (Å²) in [6.07, 6.45) is 3.97. The Morgan fingerprint density at radius 3 is 2.96 bits per heavy atom. The molecule has 1 N–H and O–H groups in total. The molecular weight excluding hydrogens is 348 g/mol. The van der Waals surface area contributed by atoms with Crippen LogP contribution >= 0.6 is 11.3 Å². The molecule has 1 saturated heterocycles. The van der Waals surface area contributed by atoms with Crippen molar-refractivity contribution in [1.29, 1.82) is 0 Å². The number of aliphatic hydroxyl groups excluding tert-OH is 1. The third-order valence-electron chi connectivity index (χ3n) is 4.90. The molecule has 1 unspecified atom stereocenters. The number of hydrogen-bond donors (Lipinski definition) is 1. The Morgan fingerprint density at radius 1 is 1.35 bits per heavy atom. The molecule has 0 aliphatic carbocycles. The zero-order valence-corrected chi connectivity index (χ0v) is 15.6. The molecule has 136 valence electrons. The highest BCUT2D eigenvalue weighted by atomic mass is 32.1. The molecule has 0 bridgehead atoms. The average Bonchev–Trinajstić information content (AvgIpc) is 3.27. The van der Waals surface area contributed by atoms with Crippen LogP contribution in [0.1, 0.15) is 34.6 Å². The van der Waals surface area contributed by atoms with E-state index in [1.165, 1.54) is 4.88 Å². The number of likely N-dealkylation sites (tertiary alicyclic amines) is 1. The summed E-state index contributed by atoms with van der Waals surface area (Å²) in [6, 6.07) is 7.52. The number of fused-ring (bicyclic) bond motifs is 1. The fourth-order valence-electron chi connectivity index (χ4n) is 3.74. The van der Waals surface area contributed by atoms with Gasteiger partial charge in [-0.2, -0.15) is 0 Å². The predicted octanol–water partition coefficient (Wildman–Crippen LogP) is 2.49. The number of aliphatic hydroxyl groups is 1. The van der Waals surface area contributed by atoms with E-state index in [1.54, 1.807) is 22.0 Å². The second kappa shape index (κ2) is 7.26. The summed E-state index contributed by atoms with van der Waals surface area (Å²) in [4.78, 5) is 25.7. The molecule has 0 spiro atoms. The minimum atomic E-state index is -0.0757. The van der Waals surface area contributed by atoms with Gasteiger partial charge in [-0.05, 0) is 38.4 Å². The number of hydrogen-bond acceptors (Lipinski definition) is 6. The summed E-state index contributed by atoms with van der Waals surface area (Å²) in [5.74, 6) is 0.765. The molecule has 4 rings (SSSR count). The Kier molecular flexibility index (Phi) is 4.84. The number of benzene rings is 1. The zero-order chi connectivity index (χ0) is 18.1. The summed E-state index contributed by atoms with van der Waals surface area (Å²) >= 11 is 1.71. The number of aromatic nitrogens is 3. The maximum Gasteiger partial charge on any atom is 0.261 e. The van der Waals surface area contributed by atoms with Crippen LogP contribution in [0, 0.1) is 6.92 Å². The summed E-state index contributed by atoms with van der Waals surface area (Å²) in [5.41, 5.74) is 0.655. The van der Waals surface area contributed by atoms with Gasteiger partial charge in [0, 0.05) is 17.6 Å². The fourth-order valence-corrected chi connectivity index (χ4v) is 4.56. The lowest BCUT2D eigenvalue weighted by molar-refractivity contribution is 0.224. The molecule has 1 aromatic carbocycles. The van der Waals surface area contributed by atoms with Gasteiger partial charge in [-0.15, -0.1) is 11.3 Å². The standard InChI is InChI=1S/C19H22N4O2S/c1-13-20-11-14(26-13)12-22-8-4-7-17(22)18-21-16-6-3-2-5-15(16)19(25)23(18)9-10-24/h2-3,5-6,11,17,24H,4,7-10,12H2,1H3. The number of rotatable bonds is 5. The monoisotopic (exact) mass is 370 g/mol. The van der Waals surface area contributed by atoms with E-state index in [1.807, 2.05) is 31.3 Å². The van der Waals surface area contributed by atoms with Crippen molar-refractivity contribution in [1.82, 2.24) is 19.4 Å². The van der Waals surface area contributed by atoms with Crippen LogP contribution in [0.15, 0.2) is 35.3 Å². The number of aryl methyl sites for hydroxylation is 1. The highest BCUT2D eigenvalue weighted by Gasteiger charge is 2.30. The lowest BCUT2D eigenvalue weighted by Gasteiger charge is -2.26. The quantitative estimate of drug-likeness (QED) is 0.747. The van der Waals surface area contributed by atoms with Gasteiger partial charge in [0.1, 0.15) is 5.82 Å². The number of nitrogens with zero attached hydrogens (tertiary/aromatic N) is 4. The van der Waals surface area contributed by atoms with Crippen molar-refractivity contribution >= 4 is 22.2 Å². The minimum absolute atomic E-state index is 0.0693. The normalized spacial score (nSPS) is 18.0. The highest BCUT2D eigenvalue weighted by molar-refractivity contribution is 7.11. The maximum absolute atomic E-state index is 12.9. The lowest BCUT2D eigenvalue weighted by Crippen LogP contribution is -2.32. The Bertz CT molecular complexity index is 981. The van der Waals surface area contributed by atoms with Gasteiger partial charge in [0.2, 0.25) is 0 Å². The molecule has 3 heterocycles. The first-order valence-corrected chi connectivity index (χ1v) is 9.74. The first-order chi connectivity index (χ1) is 12.7. The molecule has 26 heavy (non-hydrogen) atoms. The topological polar surface area (TPSA) is 71.2 Å². The summed E-state index contributed by atoms with van der Waals surface area (Å²) in [5, 5.41) is 11.2. The summed E-state index contributed by atoms with van der Waals surface area (Å²) < 4.78 is 1.66. The zero-order valence-electron chi connectivity index (χ0n) is 14.8. The molecule has 0 radical (unpaired) electrons. The third kappa shape index (κ3) is 3.18. The molecule has 0 amide bonds. The Balaban J connectivity index is 1.76. The van der Waals surface area contributed by atoms with Gasteiger partial charge in [0.25, 0.3) is 5.56 Å². The van der Waals surface area contributed by atoms with E-state index in [4.69, 9.17) is 4.98 Å². The smallest absolute Gasteiger partial charge is 0.261 e. The largest absolute Gasteiger partial charge is 0.395 e. The van der Waals surface area contributed by atoms with E-state index >= 15 is 0 Å². The van der Waals surface area contributed by atoms with Gasteiger partial charge in [0.15, 0.2) is 0 Å². The SMILES string of the molecule is Cc1ncc(CN2CCCC2c2nc3ccccc3c(=O)n2CCO)s1. The highest BCUT2D eigenvalue weighted by Crippen LogP contribution is 2.33. The molecule has 2 aromatic heterocycles. The summed E-state index contributed by atoms with van der Waals surface area (Å²) in [6.45, 7) is 4.00. The van der Waals surface area contributed by atoms with Crippen molar-refractivity contribution < 1.29 is 5.11 Å². The first kappa shape index (κ1) is 17.3. The van der Waals surface area contributed by atoms with Gasteiger partial charge < -0.3 is 5.11 Å². The van der Waals surface area contributed by atoms with Crippen LogP contribution in [-0.2, 0) is 13.1 Å². The van der Waals surface area contributed by atoms with E-state index in [9.17, 15) is 9.90 Å². The van der Waals surface area contributed by atoms with Crippen molar-refractivity contribution in [2.45, 2.75) is 38.9 Å². The van der Waals surface area contributed by atoms with E-state index in [-0.39, 0.29) is 24.8 Å². The molecule has 1 fully saturated rings. The van der Waals surface area contributed by atoms with E-state index in [0.29, 0.717) is 5.39 Å². The molecule has 1 aliphatic rings. The molecule has 0 saturated carbocycles. The maximum atomic E-state index is 12.9. The minimum Gasteiger partial charge on any atom is -0.395 e. The van der Waals surface area contributed by atoms with Crippen molar-refractivity contribution in [3.05, 3.63) is 56.5 Å². The van der Waals surface area contributed by atoms with Gasteiger partial charge in [-0.25, -0.2) is 9.97 Å². The van der Waals surface area contributed by atoms with Crippen LogP contribution in [0.4, 0.5) is 0 Å². The Morgan fingerprint density at radius 2 is 2.19 bits per heavy atom. The van der Waals surface area contributed by atoms with Gasteiger partial charge in [-0.1, -0.05) is 12.1 Å². The third-order valence-corrected chi connectivity index (χ3v) is 5.80. The van der Waals surface area contributed by atoms with E-state index in [0.717, 1.165) is 42.3 Å². The van der Waals surface area contributed by atoms with Gasteiger partial charge in [0.05, 0.1) is 35.1 Å². The van der Waals surface area contributed by atoms with Crippen LogP contribution in [0.2, 0.25) is 0 Å². The van der Waals surface area contributed by atoms with E-state index in [2.05, 4.69) is 9.88 Å². The van der Waals surface area contributed by atoms with Crippen LogP contribution in [-0.4, -0.2) is 37.7 Å². The molecule has 7 heteroatoms. The molecule has 3 aromatic rings. The lowest BCUT2D eigenvalue weighted by atomic mass is 10.1. The Labute approximate surface area is 155 Å². The van der Waals surface area contributed by atoms with Crippen molar-refractivity contribution in [3.63, 3.8) is 0 Å². The van der Waals surface area contributed by atoms with Crippen molar-refractivity contribution in [3.8, 4) is 0 Å². The van der Waals surface area contributed by atoms with Crippen LogP contribution < -0.4 is 5.56 Å². The van der Waals surface area contributed by atoms with Crippen LogP contribution in [0.5, 0.6) is 0 Å². The molecule has 1 atom stereocenters. The molecular formula is C19H22N4O2S. The second-order valence-electron chi connectivity index (χ2n) is 6.64. The van der Waals surface area contributed by atoms with Crippen LogP contribution in [0.25, 0.3) is 10.9 Å².